The number of hydrogen-bond acceptors (Lipinski definition) is 5. The molecule has 0 radical (unpaired) electrons. The second-order valence-corrected chi connectivity index (χ2v) is 9.06. The van der Waals surface area contributed by atoms with E-state index >= 15 is 0 Å². The van der Waals surface area contributed by atoms with Gasteiger partial charge in [-0.1, -0.05) is 29.8 Å². The molecule has 32 heavy (non-hydrogen) atoms. The van der Waals surface area contributed by atoms with Gasteiger partial charge in [0, 0.05) is 5.56 Å². The molecule has 1 amide bonds. The molecule has 0 aliphatic rings. The maximum absolute atomic E-state index is 12.5. The first kappa shape index (κ1) is 23.4. The molecule has 168 valence electrons. The van der Waals surface area contributed by atoms with Crippen molar-refractivity contribution in [1.82, 2.24) is 5.32 Å². The molecular weight excluding hydrogens is 452 g/mol. The van der Waals surface area contributed by atoms with Gasteiger partial charge in [0.25, 0.3) is 15.9 Å². The summed E-state index contributed by atoms with van der Waals surface area (Å²) in [6.07, 6.45) is 0. The number of methoxy groups -OCH3 is 1. The molecule has 0 aromatic heterocycles. The van der Waals surface area contributed by atoms with E-state index in [1.807, 2.05) is 6.92 Å². The average Bonchev–Trinajstić information content (AvgIpc) is 2.79. The molecule has 2 N–H and O–H groups in total. The molecule has 0 aliphatic heterocycles. The standard InChI is InChI=1S/C23H23ClN2O5S/c1-16(15-31-19-11-9-18(30-2)10-12-19)25-23(27)17-8-13-22(21(24)14-17)26-32(28,29)20-6-4-3-5-7-20/h3-14,16,26H,15H2,1-2H3,(H,25,27). The molecule has 0 saturated carbocycles. The highest BCUT2D eigenvalue weighted by Gasteiger charge is 2.17. The van der Waals surface area contributed by atoms with Crippen molar-refractivity contribution in [1.29, 1.82) is 0 Å². The largest absolute Gasteiger partial charge is 0.497 e. The number of nitrogens with one attached hydrogen (secondary N) is 2. The van der Waals surface area contributed by atoms with Crippen LogP contribution in [0.2, 0.25) is 5.02 Å². The van der Waals surface area contributed by atoms with E-state index < -0.39 is 10.0 Å². The second kappa shape index (κ2) is 10.4. The van der Waals surface area contributed by atoms with Gasteiger partial charge in [0.2, 0.25) is 0 Å². The van der Waals surface area contributed by atoms with Crippen LogP contribution in [0.5, 0.6) is 11.5 Å². The molecule has 3 aromatic carbocycles. The Morgan fingerprint density at radius 3 is 2.28 bits per heavy atom. The lowest BCUT2D eigenvalue weighted by Crippen LogP contribution is -2.36. The number of rotatable bonds is 9. The fourth-order valence-electron chi connectivity index (χ4n) is 2.78. The Morgan fingerprint density at radius 1 is 1.00 bits per heavy atom. The van der Waals surface area contributed by atoms with Crippen molar-refractivity contribution in [2.24, 2.45) is 0 Å². The third kappa shape index (κ3) is 6.15. The Hall–Kier alpha value is -3.23. The van der Waals surface area contributed by atoms with E-state index in [1.54, 1.807) is 49.6 Å². The van der Waals surface area contributed by atoms with E-state index in [2.05, 4.69) is 10.0 Å². The van der Waals surface area contributed by atoms with Crippen LogP contribution in [0.4, 0.5) is 5.69 Å². The van der Waals surface area contributed by atoms with Crippen molar-refractivity contribution in [3.8, 4) is 11.5 Å². The van der Waals surface area contributed by atoms with Crippen molar-refractivity contribution in [3.05, 3.63) is 83.4 Å². The van der Waals surface area contributed by atoms with Gasteiger partial charge in [-0.2, -0.15) is 0 Å². The lowest BCUT2D eigenvalue weighted by atomic mass is 10.2. The Morgan fingerprint density at radius 2 is 1.66 bits per heavy atom. The summed E-state index contributed by atoms with van der Waals surface area (Å²) in [5.74, 6) is 1.03. The predicted octanol–water partition coefficient (Wildman–Crippen LogP) is 4.35. The first-order valence-electron chi connectivity index (χ1n) is 9.73. The zero-order valence-electron chi connectivity index (χ0n) is 17.5. The monoisotopic (exact) mass is 474 g/mol. The molecule has 3 aromatic rings. The van der Waals surface area contributed by atoms with Crippen LogP contribution in [0.3, 0.4) is 0 Å². The predicted molar refractivity (Wildman–Crippen MR) is 124 cm³/mol. The van der Waals surface area contributed by atoms with E-state index in [9.17, 15) is 13.2 Å². The number of carbonyl (C=O) groups excluding carboxylic acids is 1. The Balaban J connectivity index is 1.59. The molecule has 7 nitrogen and oxygen atoms in total. The lowest BCUT2D eigenvalue weighted by molar-refractivity contribution is 0.0926. The topological polar surface area (TPSA) is 93.7 Å². The minimum absolute atomic E-state index is 0.110. The maximum atomic E-state index is 12.5. The van der Waals surface area contributed by atoms with E-state index in [1.165, 1.54) is 30.3 Å². The van der Waals surface area contributed by atoms with E-state index in [0.717, 1.165) is 5.75 Å². The summed E-state index contributed by atoms with van der Waals surface area (Å²) in [6, 6.07) is 19.2. The van der Waals surface area contributed by atoms with Crippen molar-refractivity contribution in [3.63, 3.8) is 0 Å². The first-order valence-corrected chi connectivity index (χ1v) is 11.6. The third-order valence-corrected chi connectivity index (χ3v) is 6.16. The first-order chi connectivity index (χ1) is 15.3. The number of sulfonamides is 1. The number of benzene rings is 3. The van der Waals surface area contributed by atoms with Gasteiger partial charge in [-0.05, 0) is 61.5 Å². The third-order valence-electron chi connectivity index (χ3n) is 4.47. The smallest absolute Gasteiger partial charge is 0.261 e. The SMILES string of the molecule is COc1ccc(OCC(C)NC(=O)c2ccc(NS(=O)(=O)c3ccccc3)c(Cl)c2)cc1. The molecule has 9 heteroatoms. The zero-order valence-corrected chi connectivity index (χ0v) is 19.1. The normalized spacial score (nSPS) is 12.0. The number of anilines is 1. The fraction of sp³-hybridized carbons (Fsp3) is 0.174. The summed E-state index contributed by atoms with van der Waals surface area (Å²) in [7, 11) is -2.20. The molecule has 0 saturated heterocycles. The molecule has 1 unspecified atom stereocenters. The van der Waals surface area contributed by atoms with Crippen LogP contribution in [0.1, 0.15) is 17.3 Å². The Bertz CT molecular complexity index is 1170. The summed E-state index contributed by atoms with van der Waals surface area (Å²) >= 11 is 6.23. The van der Waals surface area contributed by atoms with Gasteiger partial charge < -0.3 is 14.8 Å². The molecule has 0 aliphatic carbocycles. The Kier molecular flexibility index (Phi) is 7.61. The fourth-order valence-corrected chi connectivity index (χ4v) is 4.17. The Labute approximate surface area is 192 Å². The number of ether oxygens (including phenoxy) is 2. The van der Waals surface area contributed by atoms with Crippen molar-refractivity contribution >= 4 is 33.2 Å². The van der Waals surface area contributed by atoms with Crippen molar-refractivity contribution < 1.29 is 22.7 Å². The molecule has 0 bridgehead atoms. The molecule has 3 rings (SSSR count). The lowest BCUT2D eigenvalue weighted by Gasteiger charge is -2.16. The van der Waals surface area contributed by atoms with Crippen molar-refractivity contribution in [2.75, 3.05) is 18.4 Å². The summed E-state index contributed by atoms with van der Waals surface area (Å²) < 4.78 is 38.2. The van der Waals surface area contributed by atoms with Crippen LogP contribution in [-0.2, 0) is 10.0 Å². The minimum Gasteiger partial charge on any atom is -0.497 e. The molecule has 0 fully saturated rings. The number of carbonyl (C=O) groups is 1. The van der Waals surface area contributed by atoms with Gasteiger partial charge in [0.05, 0.1) is 28.8 Å². The number of hydrogen-bond donors (Lipinski definition) is 2. The summed E-state index contributed by atoms with van der Waals surface area (Å²) in [5, 5.41) is 2.93. The van der Waals surface area contributed by atoms with Crippen LogP contribution in [0, 0.1) is 0 Å². The highest BCUT2D eigenvalue weighted by molar-refractivity contribution is 7.92. The van der Waals surface area contributed by atoms with Crippen LogP contribution >= 0.6 is 11.6 Å². The number of halogens is 1. The molecule has 1 atom stereocenters. The van der Waals surface area contributed by atoms with Gasteiger partial charge in [0.15, 0.2) is 0 Å². The quantitative estimate of drug-likeness (QED) is 0.481. The molecular formula is C23H23ClN2O5S. The van der Waals surface area contributed by atoms with Crippen LogP contribution < -0.4 is 19.5 Å². The van der Waals surface area contributed by atoms with Crippen LogP contribution in [-0.4, -0.2) is 34.1 Å². The highest BCUT2D eigenvalue weighted by Crippen LogP contribution is 2.26. The maximum Gasteiger partial charge on any atom is 0.261 e. The van der Waals surface area contributed by atoms with Gasteiger partial charge in [-0.25, -0.2) is 8.42 Å². The van der Waals surface area contributed by atoms with E-state index in [-0.39, 0.29) is 34.2 Å². The molecule has 0 heterocycles. The number of amides is 1. The van der Waals surface area contributed by atoms with Gasteiger partial charge >= 0.3 is 0 Å². The summed E-state index contributed by atoms with van der Waals surface area (Å²) in [5.41, 5.74) is 0.483. The van der Waals surface area contributed by atoms with Gasteiger partial charge in [-0.15, -0.1) is 0 Å². The van der Waals surface area contributed by atoms with E-state index in [4.69, 9.17) is 21.1 Å². The summed E-state index contributed by atoms with van der Waals surface area (Å²) in [6.45, 7) is 2.08. The van der Waals surface area contributed by atoms with Crippen LogP contribution in [0.15, 0.2) is 77.7 Å². The summed E-state index contributed by atoms with van der Waals surface area (Å²) in [4.78, 5) is 12.7. The van der Waals surface area contributed by atoms with Crippen molar-refractivity contribution in [2.45, 2.75) is 17.9 Å². The van der Waals surface area contributed by atoms with Gasteiger partial charge in [0.1, 0.15) is 18.1 Å². The van der Waals surface area contributed by atoms with Crippen LogP contribution in [0.25, 0.3) is 0 Å². The minimum atomic E-state index is -3.79. The zero-order chi connectivity index (χ0) is 23.1. The second-order valence-electron chi connectivity index (χ2n) is 6.97. The molecule has 0 spiro atoms. The van der Waals surface area contributed by atoms with E-state index in [0.29, 0.717) is 11.3 Å². The van der Waals surface area contributed by atoms with Gasteiger partial charge in [-0.3, -0.25) is 9.52 Å². The average molecular weight is 475 g/mol. The highest BCUT2D eigenvalue weighted by atomic mass is 35.5.